The molecule has 3 aromatic rings. The molecular weight excluding hydrogens is 400 g/mol. The van der Waals surface area contributed by atoms with Crippen molar-refractivity contribution in [3.63, 3.8) is 0 Å². The van der Waals surface area contributed by atoms with Gasteiger partial charge in [0.05, 0.1) is 17.1 Å². The van der Waals surface area contributed by atoms with Crippen LogP contribution in [0.15, 0.2) is 71.1 Å². The quantitative estimate of drug-likeness (QED) is 0.422. The number of nitrogens with zero attached hydrogens (tertiary/aromatic N) is 4. The van der Waals surface area contributed by atoms with Crippen LogP contribution in [0.1, 0.15) is 18.1 Å². The summed E-state index contributed by atoms with van der Waals surface area (Å²) in [4.78, 5) is 8.92. The summed E-state index contributed by atoms with van der Waals surface area (Å²) in [6.07, 6.45) is 5.15. The van der Waals surface area contributed by atoms with E-state index in [-0.39, 0.29) is 0 Å². The van der Waals surface area contributed by atoms with Crippen molar-refractivity contribution < 1.29 is 8.42 Å². The Balaban J connectivity index is 1.54. The van der Waals surface area contributed by atoms with E-state index in [0.29, 0.717) is 18.0 Å². The fraction of sp³-hybridized carbons (Fsp3) is 0.286. The van der Waals surface area contributed by atoms with Crippen molar-refractivity contribution in [1.82, 2.24) is 25.4 Å². The highest BCUT2D eigenvalue weighted by atomic mass is 32.2. The maximum atomic E-state index is 11.5. The van der Waals surface area contributed by atoms with Gasteiger partial charge >= 0.3 is 0 Å². The van der Waals surface area contributed by atoms with Crippen molar-refractivity contribution >= 4 is 15.8 Å². The highest BCUT2D eigenvalue weighted by molar-refractivity contribution is 7.90. The van der Waals surface area contributed by atoms with Crippen LogP contribution in [0.4, 0.5) is 0 Å². The normalized spacial score (nSPS) is 12.0. The number of benzene rings is 2. The largest absolute Gasteiger partial charge is 0.357 e. The molecule has 8 nitrogen and oxygen atoms in total. The minimum absolute atomic E-state index is 0.337. The molecule has 2 N–H and O–H groups in total. The van der Waals surface area contributed by atoms with E-state index in [1.165, 1.54) is 12.6 Å². The summed E-state index contributed by atoms with van der Waals surface area (Å²) in [5, 5.41) is 10.7. The summed E-state index contributed by atoms with van der Waals surface area (Å²) < 4.78 is 24.8. The lowest BCUT2D eigenvalue weighted by molar-refractivity contribution is 0.602. The number of rotatable bonds is 8. The van der Waals surface area contributed by atoms with Crippen LogP contribution in [0.5, 0.6) is 0 Å². The Labute approximate surface area is 177 Å². The lowest BCUT2D eigenvalue weighted by atomic mass is 10.1. The zero-order valence-corrected chi connectivity index (χ0v) is 17.9. The molecule has 0 amide bonds. The molecule has 1 heterocycles. The second-order valence-corrected chi connectivity index (χ2v) is 8.81. The first-order valence-electron chi connectivity index (χ1n) is 9.71. The SMILES string of the molecule is CCNC(=NCc1ccc(-n2cncn2)cc1)NCCc1ccc(S(C)(=O)=O)cc1. The zero-order valence-electron chi connectivity index (χ0n) is 17.1. The van der Waals surface area contributed by atoms with Crippen LogP contribution in [-0.4, -0.2) is 48.5 Å². The Hall–Kier alpha value is -3.20. The molecule has 158 valence electrons. The van der Waals surface area contributed by atoms with Crippen LogP contribution < -0.4 is 10.6 Å². The highest BCUT2D eigenvalue weighted by Gasteiger charge is 2.06. The Morgan fingerprint density at radius 1 is 1.03 bits per heavy atom. The molecule has 0 saturated carbocycles. The number of hydrogen-bond donors (Lipinski definition) is 2. The molecule has 0 fully saturated rings. The monoisotopic (exact) mass is 426 g/mol. The first-order valence-corrected chi connectivity index (χ1v) is 11.6. The molecule has 0 unspecified atom stereocenters. The number of sulfone groups is 1. The number of nitrogens with one attached hydrogen (secondary N) is 2. The molecule has 0 atom stereocenters. The molecule has 0 aliphatic rings. The third-order valence-corrected chi connectivity index (χ3v) is 5.57. The van der Waals surface area contributed by atoms with Crippen LogP contribution in [0.2, 0.25) is 0 Å². The predicted octanol–water partition coefficient (Wildman–Crippen LogP) is 1.97. The third-order valence-electron chi connectivity index (χ3n) is 4.44. The summed E-state index contributed by atoms with van der Waals surface area (Å²) in [6, 6.07) is 15.0. The van der Waals surface area contributed by atoms with Crippen molar-refractivity contribution in [3.8, 4) is 5.69 Å². The lowest BCUT2D eigenvalue weighted by Gasteiger charge is -2.11. The number of hydrogen-bond acceptors (Lipinski definition) is 5. The Kier molecular flexibility index (Phi) is 7.18. The van der Waals surface area contributed by atoms with Gasteiger partial charge in [0.15, 0.2) is 15.8 Å². The average Bonchev–Trinajstić information content (AvgIpc) is 3.27. The van der Waals surface area contributed by atoms with E-state index in [0.717, 1.165) is 35.7 Å². The molecule has 3 rings (SSSR count). The van der Waals surface area contributed by atoms with E-state index in [4.69, 9.17) is 0 Å². The fourth-order valence-electron chi connectivity index (χ4n) is 2.84. The topological polar surface area (TPSA) is 101 Å². The summed E-state index contributed by atoms with van der Waals surface area (Å²) in [5.41, 5.74) is 3.11. The number of aliphatic imine (C=N–C) groups is 1. The van der Waals surface area contributed by atoms with Gasteiger partial charge in [-0.05, 0) is 48.7 Å². The van der Waals surface area contributed by atoms with Crippen molar-refractivity contribution in [2.75, 3.05) is 19.3 Å². The molecule has 0 aliphatic carbocycles. The van der Waals surface area contributed by atoms with Crippen molar-refractivity contribution in [1.29, 1.82) is 0 Å². The summed E-state index contributed by atoms with van der Waals surface area (Å²) in [7, 11) is -3.16. The Morgan fingerprint density at radius 2 is 1.73 bits per heavy atom. The van der Waals surface area contributed by atoms with E-state index in [2.05, 4.69) is 25.7 Å². The van der Waals surface area contributed by atoms with Crippen LogP contribution >= 0.6 is 0 Å². The minimum Gasteiger partial charge on any atom is -0.357 e. The number of aromatic nitrogens is 3. The van der Waals surface area contributed by atoms with Gasteiger partial charge in [-0.15, -0.1) is 0 Å². The maximum Gasteiger partial charge on any atom is 0.191 e. The van der Waals surface area contributed by atoms with E-state index in [9.17, 15) is 8.42 Å². The molecular formula is C21H26N6O2S. The lowest BCUT2D eigenvalue weighted by Crippen LogP contribution is -2.38. The molecule has 0 aliphatic heterocycles. The molecule has 30 heavy (non-hydrogen) atoms. The molecule has 0 bridgehead atoms. The van der Waals surface area contributed by atoms with Crippen LogP contribution in [0, 0.1) is 0 Å². The van der Waals surface area contributed by atoms with E-state index in [1.54, 1.807) is 23.1 Å². The zero-order chi connectivity index (χ0) is 21.4. The van der Waals surface area contributed by atoms with E-state index < -0.39 is 9.84 Å². The summed E-state index contributed by atoms with van der Waals surface area (Å²) >= 11 is 0. The molecule has 0 radical (unpaired) electrons. The van der Waals surface area contributed by atoms with Gasteiger partial charge in [0.25, 0.3) is 0 Å². The smallest absolute Gasteiger partial charge is 0.191 e. The first kappa shape index (κ1) is 21.5. The predicted molar refractivity (Wildman–Crippen MR) is 117 cm³/mol. The van der Waals surface area contributed by atoms with Gasteiger partial charge < -0.3 is 10.6 Å². The Morgan fingerprint density at radius 3 is 2.33 bits per heavy atom. The van der Waals surface area contributed by atoms with Crippen LogP contribution in [0.25, 0.3) is 5.69 Å². The second kappa shape index (κ2) is 10.0. The van der Waals surface area contributed by atoms with Crippen LogP contribution in [-0.2, 0) is 22.8 Å². The Bertz CT molecular complexity index is 1060. The first-order chi connectivity index (χ1) is 14.5. The molecule has 0 spiro atoms. The van der Waals surface area contributed by atoms with Gasteiger partial charge in [-0.3, -0.25) is 0 Å². The number of guanidine groups is 1. The average molecular weight is 427 g/mol. The summed E-state index contributed by atoms with van der Waals surface area (Å²) in [5.74, 6) is 0.741. The molecule has 0 saturated heterocycles. The highest BCUT2D eigenvalue weighted by Crippen LogP contribution is 2.11. The molecule has 1 aromatic heterocycles. The van der Waals surface area contributed by atoms with E-state index in [1.807, 2.05) is 43.3 Å². The molecule has 9 heteroatoms. The third kappa shape index (κ3) is 6.15. The van der Waals surface area contributed by atoms with Gasteiger partial charge in [-0.2, -0.15) is 5.10 Å². The van der Waals surface area contributed by atoms with E-state index >= 15 is 0 Å². The van der Waals surface area contributed by atoms with Gasteiger partial charge in [0.2, 0.25) is 0 Å². The minimum atomic E-state index is -3.16. The molecule has 2 aromatic carbocycles. The second-order valence-electron chi connectivity index (χ2n) is 6.79. The standard InChI is InChI=1S/C21H26N6O2S/c1-3-23-21(24-13-12-17-6-10-20(11-7-17)30(2,28)29)25-14-18-4-8-19(9-5-18)27-16-22-15-26-27/h4-11,15-16H,3,12-14H2,1-2H3,(H2,23,24,25). The van der Waals surface area contributed by atoms with Crippen molar-refractivity contribution in [2.45, 2.75) is 24.8 Å². The fourth-order valence-corrected chi connectivity index (χ4v) is 3.47. The van der Waals surface area contributed by atoms with Gasteiger partial charge in [0.1, 0.15) is 12.7 Å². The van der Waals surface area contributed by atoms with Crippen molar-refractivity contribution in [2.24, 2.45) is 4.99 Å². The van der Waals surface area contributed by atoms with Crippen LogP contribution in [0.3, 0.4) is 0 Å². The van der Waals surface area contributed by atoms with Crippen molar-refractivity contribution in [3.05, 3.63) is 72.3 Å². The summed E-state index contributed by atoms with van der Waals surface area (Å²) in [6.45, 7) is 4.03. The van der Waals surface area contributed by atoms with Gasteiger partial charge in [0, 0.05) is 19.3 Å². The maximum absolute atomic E-state index is 11.5. The van der Waals surface area contributed by atoms with Gasteiger partial charge in [-0.1, -0.05) is 24.3 Å². The van der Waals surface area contributed by atoms with Gasteiger partial charge in [-0.25, -0.2) is 23.1 Å².